The quantitative estimate of drug-likeness (QED) is 0.556. The average Bonchev–Trinajstić information content (AvgIpc) is 3.24. The second-order valence-electron chi connectivity index (χ2n) is 8.25. The minimum Gasteiger partial charge on any atom is -0.445 e. The number of hydrogen-bond acceptors (Lipinski definition) is 6. The predicted octanol–water partition coefficient (Wildman–Crippen LogP) is 0.950. The van der Waals surface area contributed by atoms with Gasteiger partial charge < -0.3 is 25.3 Å². The Bertz CT molecular complexity index is 988. The van der Waals surface area contributed by atoms with Gasteiger partial charge in [-0.2, -0.15) is 0 Å². The maximum atomic E-state index is 13.0. The zero-order valence-corrected chi connectivity index (χ0v) is 18.7. The van der Waals surface area contributed by atoms with E-state index < -0.39 is 35.8 Å². The highest BCUT2D eigenvalue weighted by Crippen LogP contribution is 2.09. The number of carbonyl (C=O) groups is 4. The predicted molar refractivity (Wildman–Crippen MR) is 119 cm³/mol. The molecule has 33 heavy (non-hydrogen) atoms. The first-order valence-corrected chi connectivity index (χ1v) is 10.9. The van der Waals surface area contributed by atoms with Crippen LogP contribution in [0.25, 0.3) is 0 Å². The van der Waals surface area contributed by atoms with Gasteiger partial charge in [0.1, 0.15) is 18.7 Å². The third-order valence-corrected chi connectivity index (χ3v) is 5.37. The second-order valence-corrected chi connectivity index (χ2v) is 8.25. The van der Waals surface area contributed by atoms with Crippen LogP contribution < -0.4 is 16.0 Å². The number of aromatic nitrogens is 2. The lowest BCUT2D eigenvalue weighted by atomic mass is 10.0. The minimum atomic E-state index is -1.10. The van der Waals surface area contributed by atoms with E-state index in [1.807, 2.05) is 30.3 Å². The molecule has 2 aromatic rings. The number of nitrogens with zero attached hydrogens (tertiary/aromatic N) is 2. The monoisotopic (exact) mass is 455 g/mol. The van der Waals surface area contributed by atoms with Crippen LogP contribution in [0.1, 0.15) is 31.5 Å². The van der Waals surface area contributed by atoms with Crippen molar-refractivity contribution in [2.75, 3.05) is 6.54 Å². The van der Waals surface area contributed by atoms with Crippen LogP contribution in [0.4, 0.5) is 4.79 Å². The van der Waals surface area contributed by atoms with Crippen molar-refractivity contribution in [3.63, 3.8) is 0 Å². The Morgan fingerprint density at radius 3 is 2.73 bits per heavy atom. The number of amides is 3. The molecular weight excluding hydrogens is 426 g/mol. The van der Waals surface area contributed by atoms with Crippen LogP contribution in [-0.2, 0) is 38.7 Å². The SMILES string of the molecule is CC(C)C(NC(=O)OCc1ccccc1)C(=O)NC1Cn2cncc2CCCNC(=O)C1=O. The smallest absolute Gasteiger partial charge is 0.408 e. The number of nitrogens with one attached hydrogen (secondary N) is 3. The topological polar surface area (TPSA) is 131 Å². The minimum absolute atomic E-state index is 0.0593. The summed E-state index contributed by atoms with van der Waals surface area (Å²) in [7, 11) is 0. The average molecular weight is 456 g/mol. The molecule has 1 aromatic heterocycles. The van der Waals surface area contributed by atoms with Crippen LogP contribution in [0.15, 0.2) is 42.9 Å². The second kappa shape index (κ2) is 11.3. The van der Waals surface area contributed by atoms with Crippen LogP contribution in [0.3, 0.4) is 0 Å². The number of ketones is 1. The van der Waals surface area contributed by atoms with Crippen molar-refractivity contribution >= 4 is 23.7 Å². The zero-order valence-electron chi connectivity index (χ0n) is 18.7. The van der Waals surface area contributed by atoms with Gasteiger partial charge in [0.15, 0.2) is 0 Å². The molecule has 1 aromatic carbocycles. The molecule has 2 atom stereocenters. The first kappa shape index (κ1) is 24.0. The normalized spacial score (nSPS) is 17.5. The van der Waals surface area contributed by atoms with Gasteiger partial charge in [0.2, 0.25) is 11.7 Å². The lowest BCUT2D eigenvalue weighted by molar-refractivity contribution is -0.140. The van der Waals surface area contributed by atoms with Gasteiger partial charge in [-0.3, -0.25) is 14.4 Å². The van der Waals surface area contributed by atoms with Crippen LogP contribution in [0.5, 0.6) is 0 Å². The Morgan fingerprint density at radius 2 is 2.00 bits per heavy atom. The van der Waals surface area contributed by atoms with Gasteiger partial charge in [-0.25, -0.2) is 9.78 Å². The number of hydrogen-bond donors (Lipinski definition) is 3. The van der Waals surface area contributed by atoms with E-state index in [0.29, 0.717) is 19.4 Å². The van der Waals surface area contributed by atoms with E-state index in [1.54, 1.807) is 30.9 Å². The van der Waals surface area contributed by atoms with Gasteiger partial charge >= 0.3 is 6.09 Å². The first-order valence-electron chi connectivity index (χ1n) is 10.9. The van der Waals surface area contributed by atoms with E-state index in [0.717, 1.165) is 11.3 Å². The Labute approximate surface area is 192 Å². The number of rotatable bonds is 6. The summed E-state index contributed by atoms with van der Waals surface area (Å²) < 4.78 is 6.97. The molecule has 10 heteroatoms. The van der Waals surface area contributed by atoms with Crippen LogP contribution in [-0.4, -0.2) is 51.9 Å². The van der Waals surface area contributed by atoms with Crippen molar-refractivity contribution in [2.45, 2.75) is 51.9 Å². The van der Waals surface area contributed by atoms with Gasteiger partial charge in [0.05, 0.1) is 12.9 Å². The highest BCUT2D eigenvalue weighted by atomic mass is 16.5. The van der Waals surface area contributed by atoms with E-state index in [9.17, 15) is 19.2 Å². The van der Waals surface area contributed by atoms with Crippen LogP contribution in [0, 0.1) is 5.92 Å². The van der Waals surface area contributed by atoms with E-state index >= 15 is 0 Å². The lowest BCUT2D eigenvalue weighted by Crippen LogP contribution is -2.56. The van der Waals surface area contributed by atoms with Crippen molar-refractivity contribution in [3.8, 4) is 0 Å². The maximum absolute atomic E-state index is 13.0. The Hall–Kier alpha value is -3.69. The summed E-state index contributed by atoms with van der Waals surface area (Å²) in [6.45, 7) is 4.00. The number of fused-ring (bicyclic) bond motifs is 1. The van der Waals surface area contributed by atoms with Crippen molar-refractivity contribution in [3.05, 3.63) is 54.1 Å². The number of aryl methyl sites for hydroxylation is 1. The number of ether oxygens (including phenoxy) is 1. The zero-order chi connectivity index (χ0) is 23.8. The molecule has 3 amide bonds. The molecule has 176 valence electrons. The fraction of sp³-hybridized carbons (Fsp3) is 0.435. The van der Waals surface area contributed by atoms with Crippen LogP contribution in [0.2, 0.25) is 0 Å². The molecule has 0 bridgehead atoms. The van der Waals surface area contributed by atoms with Crippen molar-refractivity contribution in [1.82, 2.24) is 25.5 Å². The fourth-order valence-corrected chi connectivity index (χ4v) is 3.52. The van der Waals surface area contributed by atoms with Crippen molar-refractivity contribution < 1.29 is 23.9 Å². The largest absolute Gasteiger partial charge is 0.445 e. The molecule has 0 fully saturated rings. The summed E-state index contributed by atoms with van der Waals surface area (Å²) >= 11 is 0. The molecular formula is C23H29N5O5. The third kappa shape index (κ3) is 6.64. The van der Waals surface area contributed by atoms with E-state index in [-0.39, 0.29) is 19.1 Å². The summed E-state index contributed by atoms with van der Waals surface area (Å²) in [4.78, 5) is 54.4. The van der Waals surface area contributed by atoms with E-state index in [4.69, 9.17) is 4.74 Å². The summed E-state index contributed by atoms with van der Waals surface area (Å²) in [5.41, 5.74) is 1.72. The summed E-state index contributed by atoms with van der Waals surface area (Å²) in [6, 6.07) is 7.10. The maximum Gasteiger partial charge on any atom is 0.408 e. The molecule has 1 aliphatic rings. The molecule has 0 saturated heterocycles. The molecule has 2 unspecified atom stereocenters. The molecule has 0 saturated carbocycles. The van der Waals surface area contributed by atoms with Crippen molar-refractivity contribution in [1.29, 1.82) is 0 Å². The fourth-order valence-electron chi connectivity index (χ4n) is 3.52. The molecule has 3 rings (SSSR count). The van der Waals surface area contributed by atoms with Crippen molar-refractivity contribution in [2.24, 2.45) is 5.92 Å². The molecule has 2 heterocycles. The highest BCUT2D eigenvalue weighted by molar-refractivity contribution is 6.38. The molecule has 3 N–H and O–H groups in total. The number of carbonyl (C=O) groups excluding carboxylic acids is 4. The van der Waals surface area contributed by atoms with E-state index in [1.165, 1.54) is 0 Å². The molecule has 0 spiro atoms. The Morgan fingerprint density at radius 1 is 1.24 bits per heavy atom. The first-order chi connectivity index (χ1) is 15.8. The van der Waals surface area contributed by atoms with Gasteiger partial charge in [-0.1, -0.05) is 44.2 Å². The van der Waals surface area contributed by atoms with Crippen LogP contribution >= 0.6 is 0 Å². The number of benzene rings is 1. The van der Waals surface area contributed by atoms with Gasteiger partial charge in [0.25, 0.3) is 5.91 Å². The molecule has 1 aliphatic heterocycles. The standard InChI is InChI=1S/C23H29N5O5/c1-15(2)19(27-23(32)33-13-16-7-4-3-5-8-16)21(30)26-18-12-28-14-24-11-17(28)9-6-10-25-22(31)20(18)29/h3-5,7-8,11,14-15,18-19H,6,9-10,12-13H2,1-2H3,(H,25,31)(H,26,30)(H,27,32). The van der Waals surface area contributed by atoms with Gasteiger partial charge in [-0.15, -0.1) is 0 Å². The lowest BCUT2D eigenvalue weighted by Gasteiger charge is -2.25. The summed E-state index contributed by atoms with van der Waals surface area (Å²) in [6.07, 6.45) is 3.87. The molecule has 10 nitrogen and oxygen atoms in total. The number of Topliss-reactive ketones (excluding diaryl/α,β-unsaturated/α-hetero) is 1. The van der Waals surface area contributed by atoms with Gasteiger partial charge in [-0.05, 0) is 24.3 Å². The van der Waals surface area contributed by atoms with E-state index in [2.05, 4.69) is 20.9 Å². The summed E-state index contributed by atoms with van der Waals surface area (Å²) in [5.74, 6) is -2.37. The third-order valence-electron chi connectivity index (χ3n) is 5.37. The number of alkyl carbamates (subject to hydrolysis) is 1. The summed E-state index contributed by atoms with van der Waals surface area (Å²) in [5, 5.41) is 7.79. The Balaban J connectivity index is 1.67. The number of imidazole rings is 1. The Kier molecular flexibility index (Phi) is 8.17. The molecule has 0 aliphatic carbocycles. The highest BCUT2D eigenvalue weighted by Gasteiger charge is 2.32. The molecule has 0 radical (unpaired) electrons. The van der Waals surface area contributed by atoms with Gasteiger partial charge in [0, 0.05) is 18.4 Å².